The third-order valence-electron chi connectivity index (χ3n) is 4.78. The van der Waals surface area contributed by atoms with Gasteiger partial charge in [-0.3, -0.25) is 4.90 Å². The molecule has 25 heavy (non-hydrogen) atoms. The van der Waals surface area contributed by atoms with Crippen LogP contribution in [0.15, 0.2) is 42.5 Å². The molecule has 1 heterocycles. The van der Waals surface area contributed by atoms with Crippen molar-refractivity contribution in [2.45, 2.75) is 31.8 Å². The van der Waals surface area contributed by atoms with Gasteiger partial charge in [0.2, 0.25) is 0 Å². The predicted octanol–water partition coefficient (Wildman–Crippen LogP) is 2.59. The van der Waals surface area contributed by atoms with Gasteiger partial charge in [-0.1, -0.05) is 42.7 Å². The van der Waals surface area contributed by atoms with Gasteiger partial charge in [0, 0.05) is 31.2 Å². The minimum atomic E-state index is 0.0171. The standard InChI is InChI=1S/C20H25BN2O2/c1-14-19(8-7-16(9-10-21)20(14)24)25-17-11-23(12-17)13-18(22)15-5-3-2-4-6-15/h2-8,17-18,24H,9-13,22H2,1H3. The lowest BCUT2D eigenvalue weighted by atomic mass is 9.95. The summed E-state index contributed by atoms with van der Waals surface area (Å²) in [6.45, 7) is 4.41. The zero-order valence-corrected chi connectivity index (χ0v) is 14.7. The van der Waals surface area contributed by atoms with E-state index in [1.54, 1.807) is 0 Å². The smallest absolute Gasteiger partial charge is 0.126 e. The molecule has 0 saturated carbocycles. The van der Waals surface area contributed by atoms with Crippen LogP contribution in [-0.2, 0) is 6.42 Å². The molecule has 1 aliphatic rings. The number of benzene rings is 2. The minimum absolute atomic E-state index is 0.0171. The molecule has 0 aliphatic carbocycles. The number of phenolic OH excluding ortho intramolecular Hbond substituents is 1. The number of hydrogen-bond donors (Lipinski definition) is 2. The molecule has 1 unspecified atom stereocenters. The maximum atomic E-state index is 10.2. The fraction of sp³-hybridized carbons (Fsp3) is 0.400. The van der Waals surface area contributed by atoms with Crippen molar-refractivity contribution in [2.75, 3.05) is 19.6 Å². The molecule has 0 spiro atoms. The summed E-state index contributed by atoms with van der Waals surface area (Å²) in [5.41, 5.74) is 9.08. The van der Waals surface area contributed by atoms with Gasteiger partial charge in [-0.2, -0.15) is 0 Å². The van der Waals surface area contributed by atoms with Crippen LogP contribution in [0.2, 0.25) is 6.32 Å². The van der Waals surface area contributed by atoms with Crippen LogP contribution in [0.5, 0.6) is 11.5 Å². The monoisotopic (exact) mass is 336 g/mol. The summed E-state index contributed by atoms with van der Waals surface area (Å²) in [6, 6.07) is 14.0. The molecule has 2 aromatic carbocycles. The molecule has 4 nitrogen and oxygen atoms in total. The Morgan fingerprint density at radius 2 is 1.96 bits per heavy atom. The van der Waals surface area contributed by atoms with Gasteiger partial charge < -0.3 is 15.6 Å². The summed E-state index contributed by atoms with van der Waals surface area (Å²) in [7, 11) is 5.57. The second kappa shape index (κ2) is 7.94. The van der Waals surface area contributed by atoms with Crippen molar-refractivity contribution >= 4 is 7.85 Å². The number of rotatable bonds is 7. The van der Waals surface area contributed by atoms with Gasteiger partial charge in [0.1, 0.15) is 17.6 Å². The van der Waals surface area contributed by atoms with E-state index in [2.05, 4.69) is 17.0 Å². The van der Waals surface area contributed by atoms with Crippen molar-refractivity contribution in [3.8, 4) is 11.5 Å². The lowest BCUT2D eigenvalue weighted by Crippen LogP contribution is -2.55. The average Bonchev–Trinajstić information content (AvgIpc) is 2.59. The number of ether oxygens (including phenoxy) is 1. The summed E-state index contributed by atoms with van der Waals surface area (Å²) < 4.78 is 6.04. The van der Waals surface area contributed by atoms with Crippen molar-refractivity contribution in [1.82, 2.24) is 4.90 Å². The Bertz CT molecular complexity index is 702. The van der Waals surface area contributed by atoms with Crippen molar-refractivity contribution in [1.29, 1.82) is 0 Å². The van der Waals surface area contributed by atoms with Crippen molar-refractivity contribution in [2.24, 2.45) is 5.73 Å². The number of aryl methyl sites for hydroxylation is 1. The molecule has 130 valence electrons. The maximum Gasteiger partial charge on any atom is 0.126 e. The van der Waals surface area contributed by atoms with Gasteiger partial charge in [-0.15, -0.1) is 0 Å². The van der Waals surface area contributed by atoms with Gasteiger partial charge in [0.25, 0.3) is 0 Å². The Morgan fingerprint density at radius 3 is 2.64 bits per heavy atom. The molecule has 0 aromatic heterocycles. The highest BCUT2D eigenvalue weighted by atomic mass is 16.5. The summed E-state index contributed by atoms with van der Waals surface area (Å²) in [6.07, 6.45) is 1.33. The van der Waals surface area contributed by atoms with E-state index in [-0.39, 0.29) is 12.1 Å². The second-order valence-electron chi connectivity index (χ2n) is 6.71. The molecule has 3 N–H and O–H groups in total. The van der Waals surface area contributed by atoms with Crippen LogP contribution in [0.4, 0.5) is 0 Å². The van der Waals surface area contributed by atoms with Crippen LogP contribution in [0.3, 0.4) is 0 Å². The number of phenols is 1. The van der Waals surface area contributed by atoms with E-state index in [0.717, 1.165) is 42.1 Å². The Morgan fingerprint density at radius 1 is 1.24 bits per heavy atom. The minimum Gasteiger partial charge on any atom is -0.507 e. The maximum absolute atomic E-state index is 10.2. The average molecular weight is 336 g/mol. The van der Waals surface area contributed by atoms with Gasteiger partial charge >= 0.3 is 0 Å². The number of likely N-dealkylation sites (tertiary alicyclic amines) is 1. The Hall–Kier alpha value is -1.98. The molecule has 0 amide bonds. The molecule has 1 atom stereocenters. The second-order valence-corrected chi connectivity index (χ2v) is 6.71. The van der Waals surface area contributed by atoms with Crippen LogP contribution < -0.4 is 10.5 Å². The molecule has 5 heteroatoms. The fourth-order valence-corrected chi connectivity index (χ4v) is 3.23. The first kappa shape index (κ1) is 17.8. The van der Waals surface area contributed by atoms with E-state index in [9.17, 15) is 5.11 Å². The van der Waals surface area contributed by atoms with Crippen LogP contribution in [-0.4, -0.2) is 43.6 Å². The molecule has 2 aromatic rings. The van der Waals surface area contributed by atoms with Crippen molar-refractivity contribution in [3.63, 3.8) is 0 Å². The highest BCUT2D eigenvalue weighted by Crippen LogP contribution is 2.32. The molecule has 0 bridgehead atoms. The Labute approximate surface area is 151 Å². The summed E-state index contributed by atoms with van der Waals surface area (Å²) in [5.74, 6) is 1.04. The lowest BCUT2D eigenvalue weighted by Gasteiger charge is -2.40. The molecule has 3 rings (SSSR count). The largest absolute Gasteiger partial charge is 0.507 e. The van der Waals surface area contributed by atoms with E-state index in [1.807, 2.05) is 37.3 Å². The van der Waals surface area contributed by atoms with Crippen LogP contribution in [0.1, 0.15) is 22.7 Å². The zero-order chi connectivity index (χ0) is 17.8. The van der Waals surface area contributed by atoms with Gasteiger partial charge in [-0.05, 0) is 30.5 Å². The number of nitrogens with two attached hydrogens (primary N) is 1. The molecule has 1 fully saturated rings. The molecular weight excluding hydrogens is 311 g/mol. The quantitative estimate of drug-likeness (QED) is 0.763. The van der Waals surface area contributed by atoms with Gasteiger partial charge in [0.15, 0.2) is 0 Å². The van der Waals surface area contributed by atoms with Crippen molar-refractivity contribution < 1.29 is 9.84 Å². The molecule has 2 radical (unpaired) electrons. The normalized spacial score (nSPS) is 16.4. The Balaban J connectivity index is 1.51. The topological polar surface area (TPSA) is 58.7 Å². The van der Waals surface area contributed by atoms with E-state index in [0.29, 0.717) is 18.5 Å². The predicted molar refractivity (Wildman–Crippen MR) is 101 cm³/mol. The zero-order valence-electron chi connectivity index (χ0n) is 14.7. The van der Waals surface area contributed by atoms with E-state index in [1.165, 1.54) is 0 Å². The van der Waals surface area contributed by atoms with Gasteiger partial charge in [0.05, 0.1) is 7.85 Å². The van der Waals surface area contributed by atoms with Gasteiger partial charge in [-0.25, -0.2) is 0 Å². The first-order valence-corrected chi connectivity index (χ1v) is 8.79. The van der Waals surface area contributed by atoms with E-state index < -0.39 is 0 Å². The highest BCUT2D eigenvalue weighted by molar-refractivity contribution is 6.08. The molecular formula is C20H25BN2O2. The third kappa shape index (κ3) is 4.17. The summed E-state index contributed by atoms with van der Waals surface area (Å²) in [4.78, 5) is 2.29. The molecule has 1 aliphatic heterocycles. The van der Waals surface area contributed by atoms with E-state index >= 15 is 0 Å². The van der Waals surface area contributed by atoms with E-state index in [4.69, 9.17) is 18.3 Å². The lowest BCUT2D eigenvalue weighted by molar-refractivity contribution is 0.0159. The first-order valence-electron chi connectivity index (χ1n) is 8.79. The van der Waals surface area contributed by atoms with Crippen molar-refractivity contribution in [3.05, 3.63) is 59.2 Å². The SMILES string of the molecule is [B]CCc1ccc(OC2CN(CC(N)c3ccccc3)C2)c(C)c1O. The number of hydrogen-bond acceptors (Lipinski definition) is 4. The molecule has 1 saturated heterocycles. The Kier molecular flexibility index (Phi) is 5.66. The van der Waals surface area contributed by atoms with Crippen LogP contribution in [0, 0.1) is 6.92 Å². The fourth-order valence-electron chi connectivity index (χ4n) is 3.23. The third-order valence-corrected chi connectivity index (χ3v) is 4.78. The van der Waals surface area contributed by atoms with Crippen LogP contribution >= 0.6 is 0 Å². The summed E-state index contributed by atoms with van der Waals surface area (Å²) in [5, 5.41) is 10.2. The highest BCUT2D eigenvalue weighted by Gasteiger charge is 2.30. The number of aromatic hydroxyl groups is 1. The summed E-state index contributed by atoms with van der Waals surface area (Å²) >= 11 is 0. The van der Waals surface area contributed by atoms with Crippen LogP contribution in [0.25, 0.3) is 0 Å². The first-order chi connectivity index (χ1) is 12.1. The number of nitrogens with zero attached hydrogens (tertiary/aromatic N) is 1.